The Hall–Kier alpha value is -2.75. The number of allylic oxidation sites excluding steroid dienone is 1. The van der Waals surface area contributed by atoms with Gasteiger partial charge in [-0.2, -0.15) is 0 Å². The molecule has 0 bridgehead atoms. The van der Waals surface area contributed by atoms with Crippen LogP contribution in [0.4, 0.5) is 0 Å². The summed E-state index contributed by atoms with van der Waals surface area (Å²) in [4.78, 5) is 4.99. The predicted octanol–water partition coefficient (Wildman–Crippen LogP) is 9.12. The molecule has 3 aromatic rings. The van der Waals surface area contributed by atoms with Crippen molar-refractivity contribution in [3.05, 3.63) is 87.5 Å². The molecule has 3 heterocycles. The van der Waals surface area contributed by atoms with Crippen molar-refractivity contribution in [3.63, 3.8) is 0 Å². The van der Waals surface area contributed by atoms with E-state index in [2.05, 4.69) is 74.9 Å². The van der Waals surface area contributed by atoms with Gasteiger partial charge in [0.25, 0.3) is 0 Å². The van der Waals surface area contributed by atoms with E-state index in [9.17, 15) is 5.11 Å². The molecule has 7 heteroatoms. The number of halogens is 1. The standard InChI is InChI=1S/C27H33NO3.C13H18INO/c29-22-10-13-24-25(20-6-2-3-7-20)19-26(31-27(24)18-22)21-8-11-23(12-9-21)30-17-16-28-14-4-1-5-15-28;14-12-4-6-13(7-5-12)16-11-10-15-8-2-1-3-9-15/h8-13,18-20,26,29H,1-7,14-17H2;4-7H,1-3,8-11H2. The van der Waals surface area contributed by atoms with E-state index in [0.29, 0.717) is 5.92 Å². The SMILES string of the molecule is Ic1ccc(OCCN2CCCCC2)cc1.Oc1ccc2c(c1)OC(c1ccc(OCCN3CCCCC3)cc1)C=C2C1CCCC1. The van der Waals surface area contributed by atoms with Crippen LogP contribution in [-0.4, -0.2) is 67.4 Å². The van der Waals surface area contributed by atoms with Gasteiger partial charge in [0.1, 0.15) is 42.3 Å². The van der Waals surface area contributed by atoms with Gasteiger partial charge < -0.3 is 19.3 Å². The van der Waals surface area contributed by atoms with Crippen molar-refractivity contribution < 1.29 is 19.3 Å². The number of hydrogen-bond donors (Lipinski definition) is 1. The molecule has 2 saturated heterocycles. The Morgan fingerprint density at radius 1 is 0.681 bits per heavy atom. The lowest BCUT2D eigenvalue weighted by molar-refractivity contribution is 0.183. The average molecular weight is 751 g/mol. The normalized spacial score (nSPS) is 20.4. The fourth-order valence-electron chi connectivity index (χ4n) is 7.26. The second-order valence-electron chi connectivity index (χ2n) is 13.3. The first kappa shape index (κ1) is 34.1. The zero-order valence-corrected chi connectivity index (χ0v) is 29.9. The summed E-state index contributed by atoms with van der Waals surface area (Å²) in [6.45, 7) is 8.50. The van der Waals surface area contributed by atoms with Gasteiger partial charge in [0.15, 0.2) is 0 Å². The van der Waals surface area contributed by atoms with Crippen molar-refractivity contribution in [2.75, 3.05) is 52.5 Å². The zero-order valence-electron chi connectivity index (χ0n) is 27.8. The molecule has 47 heavy (non-hydrogen) atoms. The Bertz CT molecular complexity index is 1410. The lowest BCUT2D eigenvalue weighted by atomic mass is 9.87. The van der Waals surface area contributed by atoms with Crippen LogP contribution in [0.25, 0.3) is 5.57 Å². The molecule has 6 nitrogen and oxygen atoms in total. The number of likely N-dealkylation sites (tertiary alicyclic amines) is 2. The van der Waals surface area contributed by atoms with Crippen molar-refractivity contribution in [2.45, 2.75) is 70.3 Å². The Labute approximate surface area is 295 Å². The number of piperidine rings is 2. The van der Waals surface area contributed by atoms with Crippen molar-refractivity contribution in [1.29, 1.82) is 0 Å². The van der Waals surface area contributed by atoms with Gasteiger partial charge in [-0.15, -0.1) is 0 Å². The highest BCUT2D eigenvalue weighted by Gasteiger charge is 2.29. The summed E-state index contributed by atoms with van der Waals surface area (Å²) in [6, 6.07) is 22.1. The highest BCUT2D eigenvalue weighted by Crippen LogP contribution is 2.46. The van der Waals surface area contributed by atoms with E-state index in [1.165, 1.54) is 99.5 Å². The molecule has 3 aromatic carbocycles. The van der Waals surface area contributed by atoms with Crippen LogP contribution in [0.3, 0.4) is 0 Å². The molecular weight excluding hydrogens is 699 g/mol. The van der Waals surface area contributed by atoms with Gasteiger partial charge in [-0.25, -0.2) is 0 Å². The van der Waals surface area contributed by atoms with Crippen LogP contribution in [-0.2, 0) is 0 Å². The van der Waals surface area contributed by atoms with Crippen LogP contribution < -0.4 is 14.2 Å². The molecule has 0 aromatic heterocycles. The molecule has 1 unspecified atom stereocenters. The molecule has 4 aliphatic rings. The summed E-state index contributed by atoms with van der Waals surface area (Å²) in [7, 11) is 0. The summed E-state index contributed by atoms with van der Waals surface area (Å²) < 4.78 is 19.3. The van der Waals surface area contributed by atoms with Crippen molar-refractivity contribution >= 4 is 28.2 Å². The molecule has 252 valence electrons. The van der Waals surface area contributed by atoms with Crippen LogP contribution in [0, 0.1) is 9.49 Å². The number of benzene rings is 3. The van der Waals surface area contributed by atoms with Gasteiger partial charge >= 0.3 is 0 Å². The van der Waals surface area contributed by atoms with Gasteiger partial charge in [0.2, 0.25) is 0 Å². The second kappa shape index (κ2) is 17.6. The Kier molecular flexibility index (Phi) is 12.8. The fourth-order valence-corrected chi connectivity index (χ4v) is 7.62. The predicted molar refractivity (Wildman–Crippen MR) is 199 cm³/mol. The maximum Gasteiger partial charge on any atom is 0.143 e. The summed E-state index contributed by atoms with van der Waals surface area (Å²) in [6.07, 6.45) is 15.3. The maximum absolute atomic E-state index is 9.99. The number of ether oxygens (including phenoxy) is 3. The Morgan fingerprint density at radius 3 is 1.81 bits per heavy atom. The van der Waals surface area contributed by atoms with Gasteiger partial charge in [-0.05, 0) is 159 Å². The Morgan fingerprint density at radius 2 is 1.23 bits per heavy atom. The van der Waals surface area contributed by atoms with E-state index in [0.717, 1.165) is 54.7 Å². The summed E-state index contributed by atoms with van der Waals surface area (Å²) in [5.41, 5.74) is 3.64. The van der Waals surface area contributed by atoms with E-state index in [4.69, 9.17) is 14.2 Å². The Balaban J connectivity index is 0.000000203. The topological polar surface area (TPSA) is 54.4 Å². The maximum atomic E-state index is 9.99. The first-order valence-corrected chi connectivity index (χ1v) is 19.0. The number of phenols is 1. The molecule has 0 spiro atoms. The smallest absolute Gasteiger partial charge is 0.143 e. The van der Waals surface area contributed by atoms with Gasteiger partial charge in [0, 0.05) is 28.3 Å². The third kappa shape index (κ3) is 10.1. The van der Waals surface area contributed by atoms with Crippen molar-refractivity contribution in [3.8, 4) is 23.0 Å². The first-order chi connectivity index (χ1) is 23.1. The molecule has 3 fully saturated rings. The minimum Gasteiger partial charge on any atom is -0.508 e. The molecule has 0 amide bonds. The van der Waals surface area contributed by atoms with Crippen LogP contribution in [0.5, 0.6) is 23.0 Å². The van der Waals surface area contributed by atoms with E-state index in [1.807, 2.05) is 18.2 Å². The van der Waals surface area contributed by atoms with Crippen LogP contribution in [0.1, 0.15) is 81.4 Å². The molecule has 7 rings (SSSR count). The van der Waals surface area contributed by atoms with E-state index < -0.39 is 0 Å². The van der Waals surface area contributed by atoms with E-state index in [1.54, 1.807) is 12.1 Å². The number of fused-ring (bicyclic) bond motifs is 1. The van der Waals surface area contributed by atoms with Crippen LogP contribution in [0.2, 0.25) is 0 Å². The van der Waals surface area contributed by atoms with Crippen LogP contribution >= 0.6 is 22.6 Å². The highest BCUT2D eigenvalue weighted by atomic mass is 127. The second-order valence-corrected chi connectivity index (χ2v) is 14.6. The average Bonchev–Trinajstić information content (AvgIpc) is 3.65. The number of rotatable bonds is 10. The van der Waals surface area contributed by atoms with Crippen LogP contribution in [0.15, 0.2) is 72.8 Å². The van der Waals surface area contributed by atoms with Crippen molar-refractivity contribution in [2.24, 2.45) is 5.92 Å². The lowest BCUT2D eigenvalue weighted by Gasteiger charge is -2.29. The first-order valence-electron chi connectivity index (χ1n) is 17.9. The molecule has 1 N–H and O–H groups in total. The fraction of sp³-hybridized carbons (Fsp3) is 0.500. The minimum absolute atomic E-state index is 0.132. The monoisotopic (exact) mass is 750 g/mol. The summed E-state index contributed by atoms with van der Waals surface area (Å²) >= 11 is 2.31. The third-order valence-corrected chi connectivity index (χ3v) is 10.6. The molecule has 1 aliphatic carbocycles. The van der Waals surface area contributed by atoms with Gasteiger partial charge in [-0.3, -0.25) is 9.80 Å². The van der Waals surface area contributed by atoms with Gasteiger partial charge in [-0.1, -0.05) is 37.8 Å². The zero-order chi connectivity index (χ0) is 32.3. The minimum atomic E-state index is -0.132. The lowest BCUT2D eigenvalue weighted by Crippen LogP contribution is -2.33. The highest BCUT2D eigenvalue weighted by molar-refractivity contribution is 14.1. The van der Waals surface area contributed by atoms with Crippen molar-refractivity contribution in [1.82, 2.24) is 9.80 Å². The number of hydrogen-bond acceptors (Lipinski definition) is 6. The number of nitrogens with zero attached hydrogens (tertiary/aromatic N) is 2. The van der Waals surface area contributed by atoms with E-state index in [-0.39, 0.29) is 11.9 Å². The third-order valence-electron chi connectivity index (χ3n) is 9.93. The molecular formula is C40H51IN2O4. The molecule has 0 radical (unpaired) electrons. The van der Waals surface area contributed by atoms with E-state index >= 15 is 0 Å². The number of aromatic hydroxyl groups is 1. The largest absolute Gasteiger partial charge is 0.508 e. The van der Waals surface area contributed by atoms with Gasteiger partial charge in [0.05, 0.1) is 0 Å². The summed E-state index contributed by atoms with van der Waals surface area (Å²) in [5.74, 6) is 3.53. The summed E-state index contributed by atoms with van der Waals surface area (Å²) in [5, 5.41) is 9.99. The molecule has 1 atom stereocenters. The molecule has 1 saturated carbocycles. The quantitative estimate of drug-likeness (QED) is 0.209. The number of phenolic OH excluding ortho intramolecular Hbond substituents is 1. The molecule has 3 aliphatic heterocycles.